The average molecular weight is 281 g/mol. The molecule has 1 aromatic carbocycles. The van der Waals surface area contributed by atoms with E-state index in [1.165, 1.54) is 6.92 Å². The van der Waals surface area contributed by atoms with Gasteiger partial charge in [0, 0.05) is 31.4 Å². The van der Waals surface area contributed by atoms with Crippen molar-refractivity contribution in [1.29, 1.82) is 0 Å². The Morgan fingerprint density at radius 3 is 2.57 bits per heavy atom. The number of amides is 1. The fraction of sp³-hybridized carbons (Fsp3) is 0.133. The minimum absolute atomic E-state index is 0.0842. The van der Waals surface area contributed by atoms with E-state index in [0.717, 1.165) is 28.2 Å². The number of pyridine rings is 1. The van der Waals surface area contributed by atoms with Gasteiger partial charge in [0.25, 0.3) is 0 Å². The summed E-state index contributed by atoms with van der Waals surface area (Å²) in [5.74, 6) is 0.664. The molecule has 0 aliphatic rings. The van der Waals surface area contributed by atoms with E-state index in [1.807, 2.05) is 41.9 Å². The molecule has 6 heteroatoms. The summed E-state index contributed by atoms with van der Waals surface area (Å²) in [5.41, 5.74) is 3.55. The SMILES string of the molecule is CC(=O)Nc1ccc(Nc2cc3c(cn2)ncn3C)cc1. The number of rotatable bonds is 3. The number of nitrogens with one attached hydrogen (secondary N) is 2. The first-order chi connectivity index (χ1) is 10.1. The van der Waals surface area contributed by atoms with Gasteiger partial charge in [0.2, 0.25) is 5.91 Å². The first-order valence-electron chi connectivity index (χ1n) is 6.53. The van der Waals surface area contributed by atoms with Gasteiger partial charge in [-0.25, -0.2) is 9.97 Å². The van der Waals surface area contributed by atoms with Gasteiger partial charge < -0.3 is 15.2 Å². The van der Waals surface area contributed by atoms with Crippen molar-refractivity contribution in [1.82, 2.24) is 14.5 Å². The Kier molecular flexibility index (Phi) is 3.27. The largest absolute Gasteiger partial charge is 0.340 e. The molecule has 3 rings (SSSR count). The molecule has 0 atom stereocenters. The summed E-state index contributed by atoms with van der Waals surface area (Å²) in [6.45, 7) is 1.49. The van der Waals surface area contributed by atoms with Gasteiger partial charge in [0.05, 0.1) is 18.0 Å². The lowest BCUT2D eigenvalue weighted by Crippen LogP contribution is -2.05. The number of aryl methyl sites for hydroxylation is 1. The second-order valence-electron chi connectivity index (χ2n) is 4.80. The van der Waals surface area contributed by atoms with Gasteiger partial charge in [-0.05, 0) is 24.3 Å². The van der Waals surface area contributed by atoms with E-state index >= 15 is 0 Å². The number of hydrogen-bond acceptors (Lipinski definition) is 4. The molecule has 0 unspecified atom stereocenters. The molecule has 106 valence electrons. The van der Waals surface area contributed by atoms with E-state index in [4.69, 9.17) is 0 Å². The number of aromatic nitrogens is 3. The van der Waals surface area contributed by atoms with E-state index in [1.54, 1.807) is 12.5 Å². The van der Waals surface area contributed by atoms with Crippen LogP contribution in [0.15, 0.2) is 42.9 Å². The molecule has 2 aromatic heterocycles. The predicted molar refractivity (Wildman–Crippen MR) is 82.5 cm³/mol. The third-order valence-corrected chi connectivity index (χ3v) is 3.09. The van der Waals surface area contributed by atoms with Crippen molar-refractivity contribution in [2.24, 2.45) is 7.05 Å². The second-order valence-corrected chi connectivity index (χ2v) is 4.80. The van der Waals surface area contributed by atoms with Crippen molar-refractivity contribution in [3.8, 4) is 0 Å². The molecular formula is C15H15N5O. The second kappa shape index (κ2) is 5.24. The van der Waals surface area contributed by atoms with Crippen molar-refractivity contribution in [3.05, 3.63) is 42.9 Å². The first-order valence-corrected chi connectivity index (χ1v) is 6.53. The van der Waals surface area contributed by atoms with Crippen molar-refractivity contribution in [2.75, 3.05) is 10.6 Å². The molecule has 0 saturated carbocycles. The van der Waals surface area contributed by atoms with Gasteiger partial charge in [0.15, 0.2) is 0 Å². The number of hydrogen-bond donors (Lipinski definition) is 2. The zero-order valence-electron chi connectivity index (χ0n) is 11.8. The quantitative estimate of drug-likeness (QED) is 0.774. The zero-order chi connectivity index (χ0) is 14.8. The van der Waals surface area contributed by atoms with E-state index < -0.39 is 0 Å². The molecule has 0 saturated heterocycles. The number of benzene rings is 1. The van der Waals surface area contributed by atoms with Crippen molar-refractivity contribution >= 4 is 34.1 Å². The highest BCUT2D eigenvalue weighted by molar-refractivity contribution is 5.88. The van der Waals surface area contributed by atoms with Crippen LogP contribution in [-0.2, 0) is 11.8 Å². The number of carbonyl (C=O) groups excluding carboxylic acids is 1. The van der Waals surface area contributed by atoms with Crippen LogP contribution < -0.4 is 10.6 Å². The number of carbonyl (C=O) groups is 1. The summed E-state index contributed by atoms with van der Waals surface area (Å²) >= 11 is 0. The zero-order valence-corrected chi connectivity index (χ0v) is 11.8. The van der Waals surface area contributed by atoms with Crippen LogP contribution in [0, 0.1) is 0 Å². The van der Waals surface area contributed by atoms with Gasteiger partial charge in [0.1, 0.15) is 11.3 Å². The summed E-state index contributed by atoms with van der Waals surface area (Å²) in [5, 5.41) is 5.96. The molecular weight excluding hydrogens is 266 g/mol. The Balaban J connectivity index is 1.81. The van der Waals surface area contributed by atoms with Gasteiger partial charge in [-0.2, -0.15) is 0 Å². The molecule has 2 N–H and O–H groups in total. The topological polar surface area (TPSA) is 71.8 Å². The van der Waals surface area contributed by atoms with Crippen LogP contribution >= 0.6 is 0 Å². The lowest BCUT2D eigenvalue weighted by Gasteiger charge is -2.07. The Labute approximate surface area is 121 Å². The number of anilines is 3. The van der Waals surface area contributed by atoms with Crippen LogP contribution in [0.3, 0.4) is 0 Å². The molecule has 1 amide bonds. The minimum Gasteiger partial charge on any atom is -0.340 e. The molecule has 6 nitrogen and oxygen atoms in total. The Morgan fingerprint density at radius 1 is 1.14 bits per heavy atom. The summed E-state index contributed by atoms with van der Waals surface area (Å²) in [6.07, 6.45) is 3.50. The Bertz CT molecular complexity index is 791. The summed E-state index contributed by atoms with van der Waals surface area (Å²) in [4.78, 5) is 19.5. The van der Waals surface area contributed by atoms with E-state index in [2.05, 4.69) is 20.6 Å². The van der Waals surface area contributed by atoms with Gasteiger partial charge in [-0.3, -0.25) is 4.79 Å². The molecule has 0 radical (unpaired) electrons. The normalized spacial score (nSPS) is 10.6. The van der Waals surface area contributed by atoms with Gasteiger partial charge in [-0.1, -0.05) is 0 Å². The standard InChI is InChI=1S/C15H15N5O/c1-10(21)18-11-3-5-12(6-4-11)19-15-7-14-13(8-16-15)17-9-20(14)2/h3-9H,1-2H3,(H,16,19)(H,18,21). The first kappa shape index (κ1) is 13.1. The van der Waals surface area contributed by atoms with Crippen LogP contribution in [0.2, 0.25) is 0 Å². The summed E-state index contributed by atoms with van der Waals surface area (Å²) < 4.78 is 1.95. The predicted octanol–water partition coefficient (Wildman–Crippen LogP) is 2.67. The Morgan fingerprint density at radius 2 is 1.86 bits per heavy atom. The molecule has 0 aliphatic carbocycles. The molecule has 0 bridgehead atoms. The molecule has 0 spiro atoms. The van der Waals surface area contributed by atoms with Crippen LogP contribution in [0.1, 0.15) is 6.92 Å². The van der Waals surface area contributed by atoms with Crippen molar-refractivity contribution < 1.29 is 4.79 Å². The number of fused-ring (bicyclic) bond motifs is 1. The minimum atomic E-state index is -0.0842. The number of nitrogens with zero attached hydrogens (tertiary/aromatic N) is 3. The number of imidazole rings is 1. The third kappa shape index (κ3) is 2.84. The highest BCUT2D eigenvalue weighted by Crippen LogP contribution is 2.20. The highest BCUT2D eigenvalue weighted by Gasteiger charge is 2.03. The monoisotopic (exact) mass is 281 g/mol. The van der Waals surface area contributed by atoms with E-state index in [0.29, 0.717) is 0 Å². The van der Waals surface area contributed by atoms with Crippen LogP contribution in [0.25, 0.3) is 11.0 Å². The van der Waals surface area contributed by atoms with E-state index in [-0.39, 0.29) is 5.91 Å². The molecule has 21 heavy (non-hydrogen) atoms. The molecule has 0 aliphatic heterocycles. The van der Waals surface area contributed by atoms with E-state index in [9.17, 15) is 4.79 Å². The maximum atomic E-state index is 11.0. The summed E-state index contributed by atoms with van der Waals surface area (Å²) in [7, 11) is 1.95. The Hall–Kier alpha value is -2.89. The highest BCUT2D eigenvalue weighted by atomic mass is 16.1. The smallest absolute Gasteiger partial charge is 0.221 e. The van der Waals surface area contributed by atoms with Gasteiger partial charge >= 0.3 is 0 Å². The van der Waals surface area contributed by atoms with Crippen LogP contribution in [0.4, 0.5) is 17.2 Å². The fourth-order valence-corrected chi connectivity index (χ4v) is 2.09. The average Bonchev–Trinajstić information content (AvgIpc) is 2.82. The van der Waals surface area contributed by atoms with Crippen molar-refractivity contribution in [3.63, 3.8) is 0 Å². The third-order valence-electron chi connectivity index (χ3n) is 3.09. The van der Waals surface area contributed by atoms with Gasteiger partial charge in [-0.15, -0.1) is 0 Å². The molecule has 0 fully saturated rings. The van der Waals surface area contributed by atoms with Crippen LogP contribution in [0.5, 0.6) is 0 Å². The van der Waals surface area contributed by atoms with Crippen molar-refractivity contribution in [2.45, 2.75) is 6.92 Å². The fourth-order valence-electron chi connectivity index (χ4n) is 2.09. The maximum absolute atomic E-state index is 11.0. The molecule has 3 aromatic rings. The lowest BCUT2D eigenvalue weighted by molar-refractivity contribution is -0.114. The van der Waals surface area contributed by atoms with Crippen LogP contribution in [-0.4, -0.2) is 20.4 Å². The lowest BCUT2D eigenvalue weighted by atomic mass is 10.2. The molecule has 2 heterocycles. The summed E-state index contributed by atoms with van der Waals surface area (Å²) in [6, 6.07) is 9.41. The maximum Gasteiger partial charge on any atom is 0.221 e.